The summed E-state index contributed by atoms with van der Waals surface area (Å²) in [5.41, 5.74) is 2.72. The molecule has 0 spiro atoms. The highest BCUT2D eigenvalue weighted by molar-refractivity contribution is 7.09. The Labute approximate surface area is 182 Å². The molecule has 0 atom stereocenters. The van der Waals surface area contributed by atoms with Crippen molar-refractivity contribution < 1.29 is 9.59 Å². The summed E-state index contributed by atoms with van der Waals surface area (Å²) in [5.74, 6) is -0.256. The first-order valence-electron chi connectivity index (χ1n) is 9.87. The Kier molecular flexibility index (Phi) is 7.57. The van der Waals surface area contributed by atoms with Crippen molar-refractivity contribution in [1.82, 2.24) is 9.80 Å². The number of rotatable bonds is 9. The van der Waals surface area contributed by atoms with Crippen LogP contribution in [0.3, 0.4) is 0 Å². The van der Waals surface area contributed by atoms with Crippen molar-refractivity contribution in [2.45, 2.75) is 20.0 Å². The van der Waals surface area contributed by atoms with E-state index in [2.05, 4.69) is 6.58 Å². The zero-order valence-corrected chi connectivity index (χ0v) is 18.0. The molecule has 1 heterocycles. The molecule has 0 unspecified atom stereocenters. The van der Waals surface area contributed by atoms with Crippen molar-refractivity contribution in [3.05, 3.63) is 106 Å². The van der Waals surface area contributed by atoms with Crippen LogP contribution in [-0.2, 0) is 17.9 Å². The lowest BCUT2D eigenvalue weighted by Gasteiger charge is -2.27. The molecule has 2 aromatic carbocycles. The normalized spacial score (nSPS) is 10.4. The molecule has 1 aromatic heterocycles. The Morgan fingerprint density at radius 1 is 0.933 bits per heavy atom. The second kappa shape index (κ2) is 10.6. The minimum Gasteiger partial charge on any atom is -0.332 e. The number of carbonyl (C=O) groups is 2. The van der Waals surface area contributed by atoms with E-state index in [0.29, 0.717) is 25.2 Å². The van der Waals surface area contributed by atoms with Gasteiger partial charge >= 0.3 is 0 Å². The number of carbonyl (C=O) groups excluding carboxylic acids is 2. The average Bonchev–Trinajstić information content (AvgIpc) is 3.27. The molecule has 0 N–H and O–H groups in total. The van der Waals surface area contributed by atoms with Gasteiger partial charge in [-0.1, -0.05) is 60.2 Å². The van der Waals surface area contributed by atoms with E-state index in [1.807, 2.05) is 66.9 Å². The van der Waals surface area contributed by atoms with Crippen LogP contribution in [0.4, 0.5) is 0 Å². The van der Waals surface area contributed by atoms with Crippen molar-refractivity contribution in [2.75, 3.05) is 13.1 Å². The number of thiophene rings is 1. The molecular formula is C25H26N2O2S. The molecule has 0 radical (unpaired) electrons. The molecular weight excluding hydrogens is 392 g/mol. The van der Waals surface area contributed by atoms with Gasteiger partial charge in [-0.25, -0.2) is 0 Å². The van der Waals surface area contributed by atoms with Crippen LogP contribution in [0.1, 0.15) is 26.4 Å². The number of amides is 2. The quantitative estimate of drug-likeness (QED) is 0.463. The first kappa shape index (κ1) is 21.5. The van der Waals surface area contributed by atoms with E-state index in [9.17, 15) is 9.59 Å². The van der Waals surface area contributed by atoms with Crippen LogP contribution in [0.2, 0.25) is 0 Å². The summed E-state index contributed by atoms with van der Waals surface area (Å²) in [5, 5.41) is 2.01. The summed E-state index contributed by atoms with van der Waals surface area (Å²) < 4.78 is 0. The van der Waals surface area contributed by atoms with Crippen molar-refractivity contribution >= 4 is 23.2 Å². The number of aryl methyl sites for hydroxylation is 1. The number of benzene rings is 2. The highest BCUT2D eigenvalue weighted by Crippen LogP contribution is 2.16. The highest BCUT2D eigenvalue weighted by atomic mass is 32.1. The van der Waals surface area contributed by atoms with Crippen LogP contribution in [-0.4, -0.2) is 34.7 Å². The predicted molar refractivity (Wildman–Crippen MR) is 122 cm³/mol. The minimum absolute atomic E-state index is 0.0109. The molecule has 3 rings (SSSR count). The number of hydrogen-bond donors (Lipinski definition) is 0. The van der Waals surface area contributed by atoms with E-state index in [1.54, 1.807) is 39.3 Å². The first-order chi connectivity index (χ1) is 14.6. The van der Waals surface area contributed by atoms with Gasteiger partial charge in [0, 0.05) is 23.5 Å². The van der Waals surface area contributed by atoms with Crippen LogP contribution < -0.4 is 0 Å². The lowest BCUT2D eigenvalue weighted by molar-refractivity contribution is -0.133. The maximum Gasteiger partial charge on any atom is 0.254 e. The van der Waals surface area contributed by atoms with Gasteiger partial charge in [-0.15, -0.1) is 17.9 Å². The highest BCUT2D eigenvalue weighted by Gasteiger charge is 2.22. The molecule has 2 amide bonds. The van der Waals surface area contributed by atoms with E-state index >= 15 is 0 Å². The first-order valence-corrected chi connectivity index (χ1v) is 10.8. The molecule has 0 saturated carbocycles. The van der Waals surface area contributed by atoms with Crippen LogP contribution in [0.15, 0.2) is 84.8 Å². The molecule has 3 aromatic rings. The molecule has 154 valence electrons. The van der Waals surface area contributed by atoms with Crippen molar-refractivity contribution in [1.29, 1.82) is 0 Å². The minimum atomic E-state index is -0.168. The van der Waals surface area contributed by atoms with Gasteiger partial charge in [0.2, 0.25) is 5.91 Å². The van der Waals surface area contributed by atoms with E-state index in [-0.39, 0.29) is 18.4 Å². The van der Waals surface area contributed by atoms with Gasteiger partial charge < -0.3 is 9.80 Å². The van der Waals surface area contributed by atoms with Gasteiger partial charge in [-0.3, -0.25) is 9.59 Å². The standard InChI is InChI=1S/C25H26N2O2S/c1-3-15-26(25(29)22-13-11-20(2)12-14-22)19-24(28)27(18-23-10-7-16-30-23)17-21-8-5-4-6-9-21/h3-14,16H,1,15,17-19H2,2H3. The fourth-order valence-corrected chi connectivity index (χ4v) is 3.86. The third kappa shape index (κ3) is 5.91. The zero-order valence-electron chi connectivity index (χ0n) is 17.2. The monoisotopic (exact) mass is 418 g/mol. The second-order valence-corrected chi connectivity index (χ2v) is 8.19. The topological polar surface area (TPSA) is 40.6 Å². The lowest BCUT2D eigenvalue weighted by Crippen LogP contribution is -2.42. The van der Waals surface area contributed by atoms with Crippen LogP contribution in [0, 0.1) is 6.92 Å². The van der Waals surface area contributed by atoms with Crippen LogP contribution >= 0.6 is 11.3 Å². The Morgan fingerprint density at radius 2 is 1.67 bits per heavy atom. The Balaban J connectivity index is 1.77. The number of hydrogen-bond acceptors (Lipinski definition) is 3. The molecule has 30 heavy (non-hydrogen) atoms. The Bertz CT molecular complexity index is 966. The van der Waals surface area contributed by atoms with Gasteiger partial charge in [-0.2, -0.15) is 0 Å². The summed E-state index contributed by atoms with van der Waals surface area (Å²) >= 11 is 1.62. The molecule has 0 aliphatic heterocycles. The summed E-state index contributed by atoms with van der Waals surface area (Å²) in [4.78, 5) is 30.7. The smallest absolute Gasteiger partial charge is 0.254 e. The Morgan fingerprint density at radius 3 is 2.30 bits per heavy atom. The molecule has 0 fully saturated rings. The van der Waals surface area contributed by atoms with E-state index in [0.717, 1.165) is 16.0 Å². The van der Waals surface area contributed by atoms with E-state index in [1.165, 1.54) is 0 Å². The third-order valence-corrected chi connectivity index (χ3v) is 5.62. The zero-order chi connectivity index (χ0) is 21.3. The van der Waals surface area contributed by atoms with Gasteiger partial charge in [0.15, 0.2) is 0 Å². The van der Waals surface area contributed by atoms with Crippen LogP contribution in [0.25, 0.3) is 0 Å². The lowest BCUT2D eigenvalue weighted by atomic mass is 10.1. The van der Waals surface area contributed by atoms with E-state index in [4.69, 9.17) is 0 Å². The molecule has 0 bridgehead atoms. The maximum atomic E-state index is 13.3. The summed E-state index contributed by atoms with van der Waals surface area (Å²) in [6, 6.07) is 21.3. The fraction of sp³-hybridized carbons (Fsp3) is 0.200. The fourth-order valence-electron chi connectivity index (χ4n) is 3.14. The molecule has 0 saturated heterocycles. The summed E-state index contributed by atoms with van der Waals surface area (Å²) in [7, 11) is 0. The van der Waals surface area contributed by atoms with Gasteiger partial charge in [-0.05, 0) is 36.1 Å². The molecule has 0 aliphatic carbocycles. The van der Waals surface area contributed by atoms with Crippen molar-refractivity contribution in [2.24, 2.45) is 0 Å². The number of nitrogens with zero attached hydrogens (tertiary/aromatic N) is 2. The summed E-state index contributed by atoms with van der Waals surface area (Å²) in [6.45, 7) is 7.08. The van der Waals surface area contributed by atoms with E-state index < -0.39 is 0 Å². The predicted octanol–water partition coefficient (Wildman–Crippen LogP) is 4.91. The molecule has 5 heteroatoms. The second-order valence-electron chi connectivity index (χ2n) is 7.16. The summed E-state index contributed by atoms with van der Waals surface area (Å²) in [6.07, 6.45) is 1.65. The largest absolute Gasteiger partial charge is 0.332 e. The van der Waals surface area contributed by atoms with Crippen LogP contribution in [0.5, 0.6) is 0 Å². The molecule has 4 nitrogen and oxygen atoms in total. The molecule has 0 aliphatic rings. The van der Waals surface area contributed by atoms with Crippen molar-refractivity contribution in [3.8, 4) is 0 Å². The van der Waals surface area contributed by atoms with Gasteiger partial charge in [0.25, 0.3) is 5.91 Å². The Hall–Kier alpha value is -3.18. The van der Waals surface area contributed by atoms with Gasteiger partial charge in [0.05, 0.1) is 6.54 Å². The van der Waals surface area contributed by atoms with Crippen molar-refractivity contribution in [3.63, 3.8) is 0 Å². The SMILES string of the molecule is C=CCN(CC(=O)N(Cc1ccccc1)Cc1cccs1)C(=O)c1ccc(C)cc1. The maximum absolute atomic E-state index is 13.3. The average molecular weight is 419 g/mol. The third-order valence-electron chi connectivity index (χ3n) is 4.76. The van der Waals surface area contributed by atoms with Gasteiger partial charge in [0.1, 0.15) is 6.54 Å².